The number of urea groups is 1. The third kappa shape index (κ3) is 6.57. The van der Waals surface area contributed by atoms with Crippen molar-refractivity contribution in [2.45, 2.75) is 13.5 Å². The van der Waals surface area contributed by atoms with E-state index in [2.05, 4.69) is 47.7 Å². The second-order valence-electron chi connectivity index (χ2n) is 6.59. The van der Waals surface area contributed by atoms with Crippen LogP contribution in [0.3, 0.4) is 0 Å². The highest BCUT2D eigenvalue weighted by atomic mass is 79.9. The first-order valence-electron chi connectivity index (χ1n) is 9.36. The molecule has 0 unspecified atom stereocenters. The van der Waals surface area contributed by atoms with E-state index in [1.807, 2.05) is 55.5 Å². The Morgan fingerprint density at radius 1 is 1.03 bits per heavy atom. The average Bonchev–Trinajstić information content (AvgIpc) is 2.76. The minimum absolute atomic E-state index is 0.425. The standard InChI is InChI=1S/C23H21Br2N3O3/c1-15-10-18(8-9-19(15)24)27-23(29)28-26-13-17-11-21(30-2)22(12-20(17)25)31-14-16-6-4-3-5-7-16/h3-13H,14H2,1-2H3,(H2,27,28,29)/b26-13+. The Morgan fingerprint density at radius 2 is 1.81 bits per heavy atom. The van der Waals surface area contributed by atoms with Crippen molar-refractivity contribution < 1.29 is 14.3 Å². The number of carbonyl (C=O) groups excluding carboxylic acids is 1. The first-order chi connectivity index (χ1) is 15.0. The van der Waals surface area contributed by atoms with Crippen LogP contribution in [0, 0.1) is 6.92 Å². The number of nitrogens with one attached hydrogen (secondary N) is 2. The number of amides is 2. The lowest BCUT2D eigenvalue weighted by Crippen LogP contribution is -2.24. The van der Waals surface area contributed by atoms with Crippen molar-refractivity contribution in [3.8, 4) is 11.5 Å². The van der Waals surface area contributed by atoms with Crippen molar-refractivity contribution in [3.63, 3.8) is 0 Å². The largest absolute Gasteiger partial charge is 0.493 e. The van der Waals surface area contributed by atoms with Crippen molar-refractivity contribution in [2.75, 3.05) is 12.4 Å². The number of hydrogen-bond acceptors (Lipinski definition) is 4. The molecule has 0 heterocycles. The van der Waals surface area contributed by atoms with Gasteiger partial charge in [0.15, 0.2) is 11.5 Å². The zero-order valence-electron chi connectivity index (χ0n) is 17.0. The van der Waals surface area contributed by atoms with Crippen molar-refractivity contribution in [1.82, 2.24) is 5.43 Å². The number of halogens is 2. The Balaban J connectivity index is 1.63. The van der Waals surface area contributed by atoms with E-state index >= 15 is 0 Å². The summed E-state index contributed by atoms with van der Waals surface area (Å²) < 4.78 is 13.1. The minimum Gasteiger partial charge on any atom is -0.493 e. The monoisotopic (exact) mass is 545 g/mol. The van der Waals surface area contributed by atoms with Crippen molar-refractivity contribution in [3.05, 3.63) is 86.3 Å². The molecule has 160 valence electrons. The fourth-order valence-electron chi connectivity index (χ4n) is 2.70. The summed E-state index contributed by atoms with van der Waals surface area (Å²) in [6.07, 6.45) is 1.53. The summed E-state index contributed by atoms with van der Waals surface area (Å²) in [6.45, 7) is 2.37. The molecule has 0 spiro atoms. The maximum Gasteiger partial charge on any atom is 0.339 e. The zero-order valence-corrected chi connectivity index (χ0v) is 20.2. The van der Waals surface area contributed by atoms with Gasteiger partial charge in [-0.3, -0.25) is 0 Å². The summed E-state index contributed by atoms with van der Waals surface area (Å²) in [4.78, 5) is 12.1. The van der Waals surface area contributed by atoms with Crippen LogP contribution in [0.15, 0.2) is 74.7 Å². The van der Waals surface area contributed by atoms with Crippen LogP contribution < -0.4 is 20.2 Å². The topological polar surface area (TPSA) is 72.0 Å². The number of methoxy groups -OCH3 is 1. The van der Waals surface area contributed by atoms with Gasteiger partial charge in [-0.2, -0.15) is 5.10 Å². The number of hydrogen-bond donors (Lipinski definition) is 2. The van der Waals surface area contributed by atoms with E-state index in [1.165, 1.54) is 6.21 Å². The fourth-order valence-corrected chi connectivity index (χ4v) is 3.37. The molecule has 0 fully saturated rings. The molecule has 0 atom stereocenters. The molecule has 0 aliphatic carbocycles. The van der Waals surface area contributed by atoms with Crippen molar-refractivity contribution in [1.29, 1.82) is 0 Å². The molecule has 0 aliphatic rings. The van der Waals surface area contributed by atoms with E-state index in [4.69, 9.17) is 9.47 Å². The van der Waals surface area contributed by atoms with Gasteiger partial charge in [0.1, 0.15) is 6.61 Å². The first kappa shape index (κ1) is 22.8. The van der Waals surface area contributed by atoms with Crippen LogP contribution in [0.2, 0.25) is 0 Å². The molecule has 0 radical (unpaired) electrons. The van der Waals surface area contributed by atoms with Crippen LogP contribution in [-0.2, 0) is 6.61 Å². The number of nitrogens with zero attached hydrogens (tertiary/aromatic N) is 1. The summed E-state index contributed by atoms with van der Waals surface area (Å²) in [5.41, 5.74) is 5.94. The van der Waals surface area contributed by atoms with Gasteiger partial charge in [-0.25, -0.2) is 10.2 Å². The number of hydrazone groups is 1. The normalized spacial score (nSPS) is 10.7. The van der Waals surface area contributed by atoms with Crippen LogP contribution in [-0.4, -0.2) is 19.4 Å². The second-order valence-corrected chi connectivity index (χ2v) is 8.30. The van der Waals surface area contributed by atoms with E-state index in [9.17, 15) is 4.79 Å². The summed E-state index contributed by atoms with van der Waals surface area (Å²) in [5.74, 6) is 1.17. The average molecular weight is 547 g/mol. The number of benzene rings is 3. The Bertz CT molecular complexity index is 1090. The van der Waals surface area contributed by atoms with Crippen molar-refractivity contribution in [2.24, 2.45) is 5.10 Å². The van der Waals surface area contributed by atoms with Crippen LogP contribution >= 0.6 is 31.9 Å². The van der Waals surface area contributed by atoms with E-state index in [0.717, 1.165) is 25.6 Å². The fraction of sp³-hybridized carbons (Fsp3) is 0.130. The molecule has 0 saturated heterocycles. The number of aryl methyl sites for hydroxylation is 1. The van der Waals surface area contributed by atoms with Gasteiger partial charge in [0.2, 0.25) is 0 Å². The molecule has 3 aromatic carbocycles. The first-order valence-corrected chi connectivity index (χ1v) is 11.0. The van der Waals surface area contributed by atoms with Gasteiger partial charge in [0, 0.05) is 20.2 Å². The van der Waals surface area contributed by atoms with E-state index in [1.54, 1.807) is 19.2 Å². The van der Waals surface area contributed by atoms with Gasteiger partial charge in [-0.05, 0) is 64.3 Å². The molecule has 3 rings (SSSR count). The lowest BCUT2D eigenvalue weighted by atomic mass is 10.2. The maximum absolute atomic E-state index is 12.1. The summed E-state index contributed by atoms with van der Waals surface area (Å²) in [7, 11) is 1.57. The third-order valence-electron chi connectivity index (χ3n) is 4.31. The molecular weight excluding hydrogens is 526 g/mol. The van der Waals surface area contributed by atoms with Gasteiger partial charge in [-0.1, -0.05) is 46.3 Å². The van der Waals surface area contributed by atoms with Gasteiger partial charge in [0.05, 0.1) is 13.3 Å². The summed E-state index contributed by atoms with van der Waals surface area (Å²) in [5, 5.41) is 6.75. The smallest absolute Gasteiger partial charge is 0.339 e. The molecule has 31 heavy (non-hydrogen) atoms. The number of anilines is 1. The van der Waals surface area contributed by atoms with Crippen molar-refractivity contribution >= 4 is 49.8 Å². The Hall–Kier alpha value is -2.84. The Labute approximate surface area is 197 Å². The highest BCUT2D eigenvalue weighted by Gasteiger charge is 2.10. The molecule has 2 N–H and O–H groups in total. The van der Waals surface area contributed by atoms with Crippen LogP contribution in [0.25, 0.3) is 0 Å². The summed E-state index contributed by atoms with van der Waals surface area (Å²) >= 11 is 6.95. The van der Waals surface area contributed by atoms with E-state index in [0.29, 0.717) is 23.8 Å². The SMILES string of the molecule is COc1cc(/C=N/NC(=O)Nc2ccc(Br)c(C)c2)c(Br)cc1OCc1ccccc1. The number of rotatable bonds is 7. The highest BCUT2D eigenvalue weighted by Crippen LogP contribution is 2.33. The van der Waals surface area contributed by atoms with Crippen LogP contribution in [0.1, 0.15) is 16.7 Å². The predicted molar refractivity (Wildman–Crippen MR) is 130 cm³/mol. The lowest BCUT2D eigenvalue weighted by molar-refractivity contribution is 0.252. The van der Waals surface area contributed by atoms with E-state index < -0.39 is 6.03 Å². The number of ether oxygens (including phenoxy) is 2. The van der Waals surface area contributed by atoms with Gasteiger partial charge in [0.25, 0.3) is 0 Å². The minimum atomic E-state index is -0.441. The lowest BCUT2D eigenvalue weighted by Gasteiger charge is -2.13. The van der Waals surface area contributed by atoms with Gasteiger partial charge < -0.3 is 14.8 Å². The quantitative estimate of drug-likeness (QED) is 0.271. The van der Waals surface area contributed by atoms with Crippen LogP contribution in [0.4, 0.5) is 10.5 Å². The molecular formula is C23H21Br2N3O3. The van der Waals surface area contributed by atoms with E-state index in [-0.39, 0.29) is 0 Å². The molecule has 6 nitrogen and oxygen atoms in total. The predicted octanol–water partition coefficient (Wildman–Crippen LogP) is 6.26. The third-order valence-corrected chi connectivity index (χ3v) is 5.88. The second kappa shape index (κ2) is 11.0. The molecule has 3 aromatic rings. The Morgan fingerprint density at radius 3 is 2.52 bits per heavy atom. The summed E-state index contributed by atoms with van der Waals surface area (Å²) in [6, 6.07) is 18.6. The maximum atomic E-state index is 12.1. The molecule has 0 bridgehead atoms. The molecule has 8 heteroatoms. The zero-order chi connectivity index (χ0) is 22.2. The highest BCUT2D eigenvalue weighted by molar-refractivity contribution is 9.10. The Kier molecular flexibility index (Phi) is 8.08. The molecule has 2 amide bonds. The molecule has 0 saturated carbocycles. The van der Waals surface area contributed by atoms with Gasteiger partial charge in [-0.15, -0.1) is 0 Å². The number of carbonyl (C=O) groups is 1. The van der Waals surface area contributed by atoms with Gasteiger partial charge >= 0.3 is 6.03 Å². The molecule has 0 aliphatic heterocycles. The molecule has 0 aromatic heterocycles. The van der Waals surface area contributed by atoms with Crippen LogP contribution in [0.5, 0.6) is 11.5 Å².